The summed E-state index contributed by atoms with van der Waals surface area (Å²) in [7, 11) is 0. The van der Waals surface area contributed by atoms with Crippen LogP contribution < -0.4 is 4.74 Å². The van der Waals surface area contributed by atoms with Gasteiger partial charge in [0.2, 0.25) is 0 Å². The number of carbonyl (C=O) groups is 2. The van der Waals surface area contributed by atoms with Crippen molar-refractivity contribution in [1.82, 2.24) is 0 Å². The van der Waals surface area contributed by atoms with Gasteiger partial charge in [-0.2, -0.15) is 0 Å². The van der Waals surface area contributed by atoms with Gasteiger partial charge < -0.3 is 9.47 Å². The minimum atomic E-state index is -0.396. The maximum Gasteiger partial charge on any atom is 0.315 e. The Labute approximate surface area is 138 Å². The lowest BCUT2D eigenvalue weighted by Crippen LogP contribution is -2.36. The van der Waals surface area contributed by atoms with Crippen LogP contribution in [0.25, 0.3) is 0 Å². The zero-order valence-corrected chi connectivity index (χ0v) is 14.2. The summed E-state index contributed by atoms with van der Waals surface area (Å²) >= 11 is 0. The lowest BCUT2D eigenvalue weighted by Gasteiger charge is -2.28. The van der Waals surface area contributed by atoms with Crippen molar-refractivity contribution < 1.29 is 19.1 Å². The van der Waals surface area contributed by atoms with Crippen LogP contribution in [0, 0.1) is 11.8 Å². The van der Waals surface area contributed by atoms with Gasteiger partial charge in [0.15, 0.2) is 0 Å². The molecule has 0 spiro atoms. The molecule has 2 unspecified atom stereocenters. The molecule has 0 saturated heterocycles. The van der Waals surface area contributed by atoms with E-state index in [4.69, 9.17) is 9.47 Å². The quantitative estimate of drug-likeness (QED) is 0.606. The molecule has 0 bridgehead atoms. The number of hydrogen-bond donors (Lipinski definition) is 0. The highest BCUT2D eigenvalue weighted by Gasteiger charge is 2.37. The van der Waals surface area contributed by atoms with Gasteiger partial charge in [0, 0.05) is 0 Å². The van der Waals surface area contributed by atoms with Crippen molar-refractivity contribution in [3.8, 4) is 5.75 Å². The zero-order chi connectivity index (χ0) is 16.8. The summed E-state index contributed by atoms with van der Waals surface area (Å²) < 4.78 is 10.6. The predicted octanol–water partition coefficient (Wildman–Crippen LogP) is 4.08. The Balaban J connectivity index is 2.03. The summed E-state index contributed by atoms with van der Waals surface area (Å²) in [6.45, 7) is 6.36. The van der Waals surface area contributed by atoms with Gasteiger partial charge in [0.1, 0.15) is 5.75 Å². The van der Waals surface area contributed by atoms with Crippen LogP contribution in [0.15, 0.2) is 24.3 Å². The van der Waals surface area contributed by atoms with Crippen molar-refractivity contribution in [2.24, 2.45) is 11.8 Å². The van der Waals surface area contributed by atoms with Crippen LogP contribution in [0.4, 0.5) is 0 Å². The third-order valence-electron chi connectivity index (χ3n) is 4.42. The third kappa shape index (κ3) is 4.57. The molecule has 1 fully saturated rings. The minimum Gasteiger partial charge on any atom is -0.466 e. The Morgan fingerprint density at radius 1 is 1.04 bits per heavy atom. The van der Waals surface area contributed by atoms with E-state index < -0.39 is 5.92 Å². The van der Waals surface area contributed by atoms with Crippen molar-refractivity contribution in [3.05, 3.63) is 29.8 Å². The minimum absolute atomic E-state index is 0.274. The molecule has 1 aliphatic carbocycles. The summed E-state index contributed by atoms with van der Waals surface area (Å²) in [5.41, 5.74) is 1.20. The third-order valence-corrected chi connectivity index (χ3v) is 4.42. The SMILES string of the molecule is CCOC(=O)C1CCCCC1C(=O)Oc1ccc(C(C)C)cc1. The molecule has 0 radical (unpaired) electrons. The van der Waals surface area contributed by atoms with Gasteiger partial charge in [0.25, 0.3) is 0 Å². The summed E-state index contributed by atoms with van der Waals surface area (Å²) in [6, 6.07) is 7.57. The molecule has 0 amide bonds. The zero-order valence-electron chi connectivity index (χ0n) is 14.2. The average molecular weight is 318 g/mol. The van der Waals surface area contributed by atoms with Gasteiger partial charge in [-0.05, 0) is 43.4 Å². The second-order valence-electron chi connectivity index (χ2n) is 6.39. The highest BCUT2D eigenvalue weighted by molar-refractivity contribution is 5.83. The Bertz CT molecular complexity index is 533. The second-order valence-corrected chi connectivity index (χ2v) is 6.39. The van der Waals surface area contributed by atoms with E-state index in [1.807, 2.05) is 24.3 Å². The van der Waals surface area contributed by atoms with Gasteiger partial charge in [-0.1, -0.05) is 38.8 Å². The predicted molar refractivity (Wildman–Crippen MR) is 88.2 cm³/mol. The number of ether oxygens (including phenoxy) is 2. The van der Waals surface area contributed by atoms with Gasteiger partial charge in [-0.25, -0.2) is 0 Å². The molecule has 1 aliphatic rings. The van der Waals surface area contributed by atoms with Crippen LogP contribution >= 0.6 is 0 Å². The number of benzene rings is 1. The van der Waals surface area contributed by atoms with Gasteiger partial charge in [-0.3, -0.25) is 9.59 Å². The first-order chi connectivity index (χ1) is 11.0. The molecule has 2 rings (SSSR count). The van der Waals surface area contributed by atoms with Crippen molar-refractivity contribution >= 4 is 11.9 Å². The van der Waals surface area contributed by atoms with Crippen LogP contribution in [0.1, 0.15) is 57.9 Å². The van der Waals surface area contributed by atoms with E-state index in [0.717, 1.165) is 12.8 Å². The van der Waals surface area contributed by atoms with E-state index in [1.54, 1.807) is 6.92 Å². The van der Waals surface area contributed by atoms with Gasteiger partial charge in [-0.15, -0.1) is 0 Å². The lowest BCUT2D eigenvalue weighted by atomic mass is 9.79. The van der Waals surface area contributed by atoms with Crippen LogP contribution in [0.3, 0.4) is 0 Å². The molecule has 0 heterocycles. The first-order valence-electron chi connectivity index (χ1n) is 8.51. The molecular weight excluding hydrogens is 292 g/mol. The van der Waals surface area contributed by atoms with Gasteiger partial charge >= 0.3 is 11.9 Å². The Hall–Kier alpha value is -1.84. The molecule has 4 heteroatoms. The topological polar surface area (TPSA) is 52.6 Å². The first-order valence-corrected chi connectivity index (χ1v) is 8.51. The molecule has 1 aromatic carbocycles. The van der Waals surface area contributed by atoms with E-state index in [9.17, 15) is 9.59 Å². The maximum atomic E-state index is 12.5. The Kier molecular flexibility index (Phi) is 6.20. The standard InChI is InChI=1S/C19H26O4/c1-4-22-18(20)16-7-5-6-8-17(16)19(21)23-15-11-9-14(10-12-15)13(2)3/h9-13,16-17H,4-8H2,1-3H3. The molecule has 4 nitrogen and oxygen atoms in total. The molecule has 23 heavy (non-hydrogen) atoms. The largest absolute Gasteiger partial charge is 0.466 e. The molecule has 1 aromatic rings. The summed E-state index contributed by atoms with van der Waals surface area (Å²) in [5, 5.41) is 0. The van der Waals surface area contributed by atoms with Crippen LogP contribution in [-0.4, -0.2) is 18.5 Å². The lowest BCUT2D eigenvalue weighted by molar-refractivity contribution is -0.158. The molecule has 126 valence electrons. The highest BCUT2D eigenvalue weighted by Crippen LogP contribution is 2.32. The average Bonchev–Trinajstić information content (AvgIpc) is 2.55. The molecular formula is C19H26O4. The summed E-state index contributed by atoms with van der Waals surface area (Å²) in [4.78, 5) is 24.5. The Morgan fingerprint density at radius 3 is 2.13 bits per heavy atom. The monoisotopic (exact) mass is 318 g/mol. The number of hydrogen-bond acceptors (Lipinski definition) is 4. The van der Waals surface area contributed by atoms with E-state index in [1.165, 1.54) is 5.56 Å². The fourth-order valence-electron chi connectivity index (χ4n) is 3.06. The molecule has 0 N–H and O–H groups in total. The fourth-order valence-corrected chi connectivity index (χ4v) is 3.06. The summed E-state index contributed by atoms with van der Waals surface area (Å²) in [6.07, 6.45) is 3.29. The van der Waals surface area contributed by atoms with Crippen molar-refractivity contribution in [1.29, 1.82) is 0 Å². The number of rotatable bonds is 5. The normalized spacial score (nSPS) is 21.0. The number of carbonyl (C=O) groups excluding carboxylic acids is 2. The van der Waals surface area contributed by atoms with Crippen molar-refractivity contribution in [2.75, 3.05) is 6.61 Å². The van der Waals surface area contributed by atoms with Crippen LogP contribution in [0.2, 0.25) is 0 Å². The molecule has 0 aliphatic heterocycles. The van der Waals surface area contributed by atoms with E-state index >= 15 is 0 Å². The van der Waals surface area contributed by atoms with Crippen molar-refractivity contribution in [3.63, 3.8) is 0 Å². The van der Waals surface area contributed by atoms with E-state index in [2.05, 4.69) is 13.8 Å². The highest BCUT2D eigenvalue weighted by atomic mass is 16.5. The first kappa shape index (κ1) is 17.5. The van der Waals surface area contributed by atoms with Gasteiger partial charge in [0.05, 0.1) is 18.4 Å². The Morgan fingerprint density at radius 2 is 1.61 bits per heavy atom. The second kappa shape index (κ2) is 8.14. The van der Waals surface area contributed by atoms with Crippen LogP contribution in [-0.2, 0) is 14.3 Å². The summed E-state index contributed by atoms with van der Waals surface area (Å²) in [5.74, 6) is -0.387. The smallest absolute Gasteiger partial charge is 0.315 e. The number of esters is 2. The van der Waals surface area contributed by atoms with Crippen molar-refractivity contribution in [2.45, 2.75) is 52.4 Å². The molecule has 0 aromatic heterocycles. The fraction of sp³-hybridized carbons (Fsp3) is 0.579. The van der Waals surface area contributed by atoms with E-state index in [0.29, 0.717) is 31.1 Å². The van der Waals surface area contributed by atoms with Crippen LogP contribution in [0.5, 0.6) is 5.75 Å². The molecule has 1 saturated carbocycles. The van der Waals surface area contributed by atoms with E-state index in [-0.39, 0.29) is 17.9 Å². The molecule has 2 atom stereocenters. The maximum absolute atomic E-state index is 12.5.